The third kappa shape index (κ3) is 3.06. The lowest BCUT2D eigenvalue weighted by Crippen LogP contribution is -2.52. The van der Waals surface area contributed by atoms with Crippen LogP contribution in [0.15, 0.2) is 0 Å². The number of hydrogen-bond donors (Lipinski definition) is 3. The van der Waals surface area contributed by atoms with Gasteiger partial charge in [0.05, 0.1) is 5.54 Å². The fraction of sp³-hybridized carbons (Fsp3) is 0.750. The molecule has 0 radical (unpaired) electrons. The molecule has 0 aliphatic carbocycles. The van der Waals surface area contributed by atoms with Gasteiger partial charge in [-0.3, -0.25) is 14.4 Å². The van der Waals surface area contributed by atoms with Crippen LogP contribution in [0.25, 0.3) is 0 Å². The highest BCUT2D eigenvalue weighted by molar-refractivity contribution is 7.59. The summed E-state index contributed by atoms with van der Waals surface area (Å²) in [5.41, 5.74) is 9.92. The topological polar surface area (TPSA) is 119 Å². The van der Waals surface area contributed by atoms with Crippen molar-refractivity contribution in [1.82, 2.24) is 10.2 Å². The molecule has 0 aromatic rings. The van der Waals surface area contributed by atoms with Crippen molar-refractivity contribution in [3.8, 4) is 0 Å². The predicted molar refractivity (Wildman–Crippen MR) is 78.1 cm³/mol. The number of amides is 3. The Balaban J connectivity index is 0.00000200. The Morgan fingerprint density at radius 1 is 1.35 bits per heavy atom. The first-order valence-corrected chi connectivity index (χ1v) is 6.60. The normalized spacial score (nSPS) is 26.6. The van der Waals surface area contributed by atoms with E-state index in [4.69, 9.17) is 11.5 Å². The molecular formula is C12H22N4O3S. The van der Waals surface area contributed by atoms with Crippen LogP contribution in [0.1, 0.15) is 32.1 Å². The van der Waals surface area contributed by atoms with Crippen molar-refractivity contribution in [2.45, 2.75) is 43.7 Å². The summed E-state index contributed by atoms with van der Waals surface area (Å²) < 4.78 is 0. The first-order chi connectivity index (χ1) is 8.96. The Morgan fingerprint density at radius 2 is 2.05 bits per heavy atom. The molecule has 2 rings (SSSR count). The molecule has 1 spiro atoms. The second-order valence-electron chi connectivity index (χ2n) is 5.28. The molecule has 0 aromatic carbocycles. The third-order valence-electron chi connectivity index (χ3n) is 4.06. The molecule has 8 heteroatoms. The van der Waals surface area contributed by atoms with E-state index in [1.807, 2.05) is 0 Å². The largest absolute Gasteiger partial charge is 0.370 e. The van der Waals surface area contributed by atoms with Crippen LogP contribution in [-0.2, 0) is 14.4 Å². The van der Waals surface area contributed by atoms with Gasteiger partial charge in [-0.2, -0.15) is 13.5 Å². The summed E-state index contributed by atoms with van der Waals surface area (Å²) in [5, 5.41) is 3.24. The van der Waals surface area contributed by atoms with Crippen LogP contribution in [0, 0.1) is 0 Å². The quantitative estimate of drug-likeness (QED) is 0.577. The summed E-state index contributed by atoms with van der Waals surface area (Å²) in [6, 6.07) is -0.734. The first kappa shape index (κ1) is 16.8. The smallest absolute Gasteiger partial charge is 0.243 e. The van der Waals surface area contributed by atoms with Gasteiger partial charge in [-0.15, -0.1) is 0 Å². The highest BCUT2D eigenvalue weighted by Crippen LogP contribution is 2.33. The second kappa shape index (κ2) is 6.45. The molecule has 3 amide bonds. The molecule has 2 aliphatic rings. The van der Waals surface area contributed by atoms with Crippen LogP contribution in [0.3, 0.4) is 0 Å². The molecule has 114 valence electrons. The molecule has 0 aromatic heterocycles. The minimum absolute atomic E-state index is 0. The molecule has 2 fully saturated rings. The minimum Gasteiger partial charge on any atom is -0.370 e. The van der Waals surface area contributed by atoms with Crippen molar-refractivity contribution in [2.75, 3.05) is 13.1 Å². The van der Waals surface area contributed by atoms with Crippen molar-refractivity contribution >= 4 is 31.2 Å². The van der Waals surface area contributed by atoms with Crippen LogP contribution in [0.4, 0.5) is 0 Å². The number of nitrogens with one attached hydrogen (secondary N) is 1. The van der Waals surface area contributed by atoms with Crippen molar-refractivity contribution in [3.63, 3.8) is 0 Å². The zero-order chi connectivity index (χ0) is 14.0. The molecule has 0 saturated carbocycles. The lowest BCUT2D eigenvalue weighted by molar-refractivity contribution is -0.140. The maximum absolute atomic E-state index is 12.5. The van der Waals surface area contributed by atoms with E-state index in [9.17, 15) is 14.4 Å². The minimum atomic E-state index is -0.734. The Bertz CT molecular complexity index is 410. The third-order valence-corrected chi connectivity index (χ3v) is 4.06. The van der Waals surface area contributed by atoms with Crippen LogP contribution >= 0.6 is 13.5 Å². The highest BCUT2D eigenvalue weighted by atomic mass is 32.1. The standard InChI is InChI=1S/C12H20N4O3.H2S/c13-9(17)3-2-8(10(14)18)16-7-5-12(11(16)19)4-1-6-15-12;/h8,15H,1-7H2,(H2,13,17)(H2,14,18);1H2. The van der Waals surface area contributed by atoms with Gasteiger partial charge in [0.2, 0.25) is 17.7 Å². The highest BCUT2D eigenvalue weighted by Gasteiger charge is 2.50. The monoisotopic (exact) mass is 302 g/mol. The van der Waals surface area contributed by atoms with Crippen LogP contribution in [-0.4, -0.2) is 47.3 Å². The molecule has 2 aliphatic heterocycles. The van der Waals surface area contributed by atoms with E-state index < -0.39 is 23.4 Å². The molecule has 7 nitrogen and oxygen atoms in total. The summed E-state index contributed by atoms with van der Waals surface area (Å²) in [4.78, 5) is 36.3. The van der Waals surface area contributed by atoms with Crippen LogP contribution in [0.2, 0.25) is 0 Å². The molecule has 2 unspecified atom stereocenters. The van der Waals surface area contributed by atoms with E-state index in [0.717, 1.165) is 19.4 Å². The Kier molecular flexibility index (Phi) is 5.41. The maximum Gasteiger partial charge on any atom is 0.243 e. The van der Waals surface area contributed by atoms with E-state index in [0.29, 0.717) is 13.0 Å². The fourth-order valence-corrected chi connectivity index (χ4v) is 3.02. The fourth-order valence-electron chi connectivity index (χ4n) is 3.02. The number of nitrogens with zero attached hydrogens (tertiary/aromatic N) is 1. The SMILES string of the molecule is NC(=O)CCC(C(N)=O)N1CCC2(CCCN2)C1=O.S. The summed E-state index contributed by atoms with van der Waals surface area (Å²) in [6.45, 7) is 1.32. The van der Waals surface area contributed by atoms with E-state index in [2.05, 4.69) is 5.32 Å². The first-order valence-electron chi connectivity index (χ1n) is 6.60. The molecule has 20 heavy (non-hydrogen) atoms. The molecule has 2 atom stereocenters. The number of nitrogens with two attached hydrogens (primary N) is 2. The number of primary amides is 2. The Labute approximate surface area is 124 Å². The van der Waals surface area contributed by atoms with Crippen LogP contribution in [0.5, 0.6) is 0 Å². The summed E-state index contributed by atoms with van der Waals surface area (Å²) in [5.74, 6) is -1.14. The summed E-state index contributed by atoms with van der Waals surface area (Å²) in [6.07, 6.45) is 2.70. The van der Waals surface area contributed by atoms with Gasteiger partial charge in [-0.1, -0.05) is 0 Å². The molecular weight excluding hydrogens is 280 g/mol. The van der Waals surface area contributed by atoms with E-state index in [-0.39, 0.29) is 32.2 Å². The Morgan fingerprint density at radius 3 is 2.55 bits per heavy atom. The Hall–Kier alpha value is -1.28. The number of likely N-dealkylation sites (tertiary alicyclic amines) is 1. The van der Waals surface area contributed by atoms with Gasteiger partial charge < -0.3 is 21.7 Å². The van der Waals surface area contributed by atoms with Crippen molar-refractivity contribution < 1.29 is 14.4 Å². The van der Waals surface area contributed by atoms with Gasteiger partial charge in [0, 0.05) is 13.0 Å². The van der Waals surface area contributed by atoms with Gasteiger partial charge in [0.1, 0.15) is 6.04 Å². The molecule has 0 bridgehead atoms. The van der Waals surface area contributed by atoms with Crippen molar-refractivity contribution in [2.24, 2.45) is 11.5 Å². The van der Waals surface area contributed by atoms with E-state index >= 15 is 0 Å². The van der Waals surface area contributed by atoms with Gasteiger partial charge in [0.15, 0.2) is 0 Å². The van der Waals surface area contributed by atoms with Crippen LogP contribution < -0.4 is 16.8 Å². The van der Waals surface area contributed by atoms with Crippen molar-refractivity contribution in [1.29, 1.82) is 0 Å². The van der Waals surface area contributed by atoms with E-state index in [1.165, 1.54) is 4.90 Å². The molecule has 5 N–H and O–H groups in total. The molecule has 2 saturated heterocycles. The number of hydrogen-bond acceptors (Lipinski definition) is 4. The molecule has 2 heterocycles. The predicted octanol–water partition coefficient (Wildman–Crippen LogP) is -1.43. The lowest BCUT2D eigenvalue weighted by Gasteiger charge is -2.28. The van der Waals surface area contributed by atoms with Gasteiger partial charge in [-0.25, -0.2) is 0 Å². The zero-order valence-corrected chi connectivity index (χ0v) is 12.4. The van der Waals surface area contributed by atoms with E-state index in [1.54, 1.807) is 0 Å². The number of carbonyl (C=O) groups is 3. The average molecular weight is 302 g/mol. The lowest BCUT2D eigenvalue weighted by atomic mass is 9.96. The maximum atomic E-state index is 12.5. The number of rotatable bonds is 5. The van der Waals surface area contributed by atoms with Crippen molar-refractivity contribution in [3.05, 3.63) is 0 Å². The second-order valence-corrected chi connectivity index (χ2v) is 5.28. The van der Waals surface area contributed by atoms with Gasteiger partial charge >= 0.3 is 0 Å². The summed E-state index contributed by atoms with van der Waals surface area (Å²) in [7, 11) is 0. The number of carbonyl (C=O) groups excluding carboxylic acids is 3. The zero-order valence-electron chi connectivity index (χ0n) is 11.4. The average Bonchev–Trinajstić information content (AvgIpc) is 2.92. The van der Waals surface area contributed by atoms with Gasteiger partial charge in [0.25, 0.3) is 0 Å². The summed E-state index contributed by atoms with van der Waals surface area (Å²) >= 11 is 0. The van der Waals surface area contributed by atoms with Gasteiger partial charge in [-0.05, 0) is 32.2 Å².